The molecule has 2 aromatic rings. The molecule has 1 aromatic heterocycles. The summed E-state index contributed by atoms with van der Waals surface area (Å²) in [4.78, 5) is 0. The molecule has 1 aromatic carbocycles. The molecule has 0 amide bonds. The predicted molar refractivity (Wildman–Crippen MR) is 79.5 cm³/mol. The molecule has 0 fully saturated rings. The van der Waals surface area contributed by atoms with Gasteiger partial charge in [0.2, 0.25) is 0 Å². The van der Waals surface area contributed by atoms with Crippen molar-refractivity contribution < 1.29 is 8.81 Å². The van der Waals surface area contributed by atoms with Gasteiger partial charge in [-0.2, -0.15) is 0 Å². The van der Waals surface area contributed by atoms with Gasteiger partial charge in [-0.05, 0) is 45.4 Å². The molecule has 0 spiro atoms. The first kappa shape index (κ1) is 14.8. The van der Waals surface area contributed by atoms with Gasteiger partial charge in [0.25, 0.3) is 0 Å². The van der Waals surface area contributed by atoms with Gasteiger partial charge in [0.1, 0.15) is 17.3 Å². The van der Waals surface area contributed by atoms with Crippen LogP contribution >= 0.6 is 0 Å². The lowest BCUT2D eigenvalue weighted by molar-refractivity contribution is 0.489. The average Bonchev–Trinajstić information content (AvgIpc) is 2.74. The fourth-order valence-electron chi connectivity index (χ4n) is 2.51. The second-order valence-electron chi connectivity index (χ2n) is 5.23. The molecule has 0 aliphatic rings. The quantitative estimate of drug-likeness (QED) is 0.873. The van der Waals surface area contributed by atoms with Gasteiger partial charge >= 0.3 is 0 Å². The molecule has 1 heterocycles. The van der Waals surface area contributed by atoms with Crippen molar-refractivity contribution in [1.82, 2.24) is 5.32 Å². The lowest BCUT2D eigenvalue weighted by Crippen LogP contribution is -2.24. The first-order valence-corrected chi connectivity index (χ1v) is 7.10. The summed E-state index contributed by atoms with van der Waals surface area (Å²) in [6, 6.07) is 7.37. The molecule has 0 bridgehead atoms. The molecule has 1 unspecified atom stereocenters. The van der Waals surface area contributed by atoms with Crippen molar-refractivity contribution in [2.45, 2.75) is 40.2 Å². The van der Waals surface area contributed by atoms with Gasteiger partial charge in [0.15, 0.2) is 0 Å². The van der Waals surface area contributed by atoms with E-state index in [4.69, 9.17) is 4.42 Å². The summed E-state index contributed by atoms with van der Waals surface area (Å²) in [5.41, 5.74) is 2.37. The van der Waals surface area contributed by atoms with Crippen LogP contribution in [0.15, 0.2) is 28.7 Å². The highest BCUT2D eigenvalue weighted by molar-refractivity contribution is 5.37. The average molecular weight is 275 g/mol. The minimum atomic E-state index is -0.160. The molecule has 0 aliphatic carbocycles. The summed E-state index contributed by atoms with van der Waals surface area (Å²) in [7, 11) is 0. The summed E-state index contributed by atoms with van der Waals surface area (Å²) >= 11 is 0. The Balaban J connectivity index is 2.47. The lowest BCUT2D eigenvalue weighted by Gasteiger charge is -2.20. The molecule has 2 nitrogen and oxygen atoms in total. The molecule has 0 aliphatic heterocycles. The Kier molecular flexibility index (Phi) is 4.61. The SMILES string of the molecule is CCCNC(c1cc(C)oc1C)c1cccc(C)c1F. The third kappa shape index (κ3) is 2.93. The van der Waals surface area contributed by atoms with Crippen LogP contribution in [0.3, 0.4) is 0 Å². The highest BCUT2D eigenvalue weighted by Gasteiger charge is 2.22. The Bertz CT molecular complexity index is 589. The second kappa shape index (κ2) is 6.23. The zero-order valence-corrected chi connectivity index (χ0v) is 12.6. The minimum Gasteiger partial charge on any atom is -0.466 e. The number of aryl methyl sites for hydroxylation is 3. The van der Waals surface area contributed by atoms with Gasteiger partial charge in [0, 0.05) is 11.1 Å². The molecular weight excluding hydrogens is 253 g/mol. The molecular formula is C17H22FNO. The van der Waals surface area contributed by atoms with Crippen molar-refractivity contribution >= 4 is 0 Å². The van der Waals surface area contributed by atoms with E-state index < -0.39 is 0 Å². The van der Waals surface area contributed by atoms with Crippen molar-refractivity contribution in [2.24, 2.45) is 0 Å². The van der Waals surface area contributed by atoms with Gasteiger partial charge in [-0.1, -0.05) is 25.1 Å². The van der Waals surface area contributed by atoms with Crippen LogP contribution < -0.4 is 5.32 Å². The van der Waals surface area contributed by atoms with Crippen molar-refractivity contribution in [3.05, 3.63) is 58.3 Å². The first-order chi connectivity index (χ1) is 9.54. The van der Waals surface area contributed by atoms with Crippen LogP contribution in [0.5, 0.6) is 0 Å². The monoisotopic (exact) mass is 275 g/mol. The summed E-state index contributed by atoms with van der Waals surface area (Å²) in [6.45, 7) is 8.58. The van der Waals surface area contributed by atoms with Crippen LogP contribution in [0.4, 0.5) is 4.39 Å². The Labute approximate surface area is 120 Å². The number of hydrogen-bond acceptors (Lipinski definition) is 2. The molecule has 1 N–H and O–H groups in total. The fourth-order valence-corrected chi connectivity index (χ4v) is 2.51. The molecule has 0 radical (unpaired) electrons. The maximum Gasteiger partial charge on any atom is 0.131 e. The van der Waals surface area contributed by atoms with Crippen molar-refractivity contribution in [2.75, 3.05) is 6.54 Å². The number of furan rings is 1. The number of benzene rings is 1. The van der Waals surface area contributed by atoms with Crippen LogP contribution in [0.2, 0.25) is 0 Å². The standard InChI is InChI=1S/C17H22FNO/c1-5-9-19-17(15-10-12(3)20-13(15)4)14-8-6-7-11(2)16(14)18/h6-8,10,17,19H,5,9H2,1-4H3. The molecule has 1 atom stereocenters. The van der Waals surface area contributed by atoms with E-state index in [9.17, 15) is 4.39 Å². The normalized spacial score (nSPS) is 12.7. The van der Waals surface area contributed by atoms with Crippen LogP contribution in [0.25, 0.3) is 0 Å². The van der Waals surface area contributed by atoms with Gasteiger partial charge in [-0.15, -0.1) is 0 Å². The van der Waals surface area contributed by atoms with Crippen LogP contribution in [0.1, 0.15) is 47.6 Å². The van der Waals surface area contributed by atoms with Gasteiger partial charge < -0.3 is 9.73 Å². The zero-order valence-electron chi connectivity index (χ0n) is 12.6. The molecule has 3 heteroatoms. The maximum absolute atomic E-state index is 14.4. The van der Waals surface area contributed by atoms with Gasteiger partial charge in [0.05, 0.1) is 6.04 Å². The highest BCUT2D eigenvalue weighted by atomic mass is 19.1. The number of rotatable bonds is 5. The summed E-state index contributed by atoms with van der Waals surface area (Å²) in [5.74, 6) is 1.56. The van der Waals surface area contributed by atoms with E-state index in [0.29, 0.717) is 11.1 Å². The van der Waals surface area contributed by atoms with E-state index in [-0.39, 0.29) is 11.9 Å². The first-order valence-electron chi connectivity index (χ1n) is 7.10. The van der Waals surface area contributed by atoms with Crippen LogP contribution in [-0.4, -0.2) is 6.54 Å². The van der Waals surface area contributed by atoms with E-state index in [2.05, 4.69) is 12.2 Å². The maximum atomic E-state index is 14.4. The van der Waals surface area contributed by atoms with Crippen molar-refractivity contribution in [3.8, 4) is 0 Å². The van der Waals surface area contributed by atoms with E-state index in [1.165, 1.54) is 0 Å². The zero-order chi connectivity index (χ0) is 14.7. The van der Waals surface area contributed by atoms with E-state index in [0.717, 1.165) is 30.0 Å². The molecule has 20 heavy (non-hydrogen) atoms. The molecule has 108 valence electrons. The van der Waals surface area contributed by atoms with E-state index in [1.807, 2.05) is 32.0 Å². The third-order valence-electron chi connectivity index (χ3n) is 3.52. The van der Waals surface area contributed by atoms with E-state index in [1.54, 1.807) is 13.0 Å². The number of nitrogens with one attached hydrogen (secondary N) is 1. The molecule has 0 saturated heterocycles. The number of hydrogen-bond donors (Lipinski definition) is 1. The Hall–Kier alpha value is -1.61. The Morgan fingerprint density at radius 3 is 2.55 bits per heavy atom. The topological polar surface area (TPSA) is 25.2 Å². The van der Waals surface area contributed by atoms with Crippen LogP contribution in [-0.2, 0) is 0 Å². The van der Waals surface area contributed by atoms with Crippen molar-refractivity contribution in [3.63, 3.8) is 0 Å². The third-order valence-corrected chi connectivity index (χ3v) is 3.52. The fraction of sp³-hybridized carbons (Fsp3) is 0.412. The minimum absolute atomic E-state index is 0.139. The lowest BCUT2D eigenvalue weighted by atomic mass is 9.96. The predicted octanol–water partition coefficient (Wildman–Crippen LogP) is 4.43. The van der Waals surface area contributed by atoms with E-state index >= 15 is 0 Å². The molecule has 2 rings (SSSR count). The molecule has 0 saturated carbocycles. The summed E-state index contributed by atoms with van der Waals surface area (Å²) in [5, 5.41) is 3.42. The summed E-state index contributed by atoms with van der Waals surface area (Å²) < 4.78 is 20.0. The van der Waals surface area contributed by atoms with Crippen LogP contribution in [0, 0.1) is 26.6 Å². The Morgan fingerprint density at radius 2 is 1.95 bits per heavy atom. The number of halogens is 1. The van der Waals surface area contributed by atoms with Gasteiger partial charge in [-0.25, -0.2) is 4.39 Å². The summed E-state index contributed by atoms with van der Waals surface area (Å²) in [6.07, 6.45) is 1.000. The largest absolute Gasteiger partial charge is 0.466 e. The Morgan fingerprint density at radius 1 is 1.20 bits per heavy atom. The highest BCUT2D eigenvalue weighted by Crippen LogP contribution is 2.30. The van der Waals surface area contributed by atoms with Crippen molar-refractivity contribution in [1.29, 1.82) is 0 Å². The van der Waals surface area contributed by atoms with Gasteiger partial charge in [-0.3, -0.25) is 0 Å². The smallest absolute Gasteiger partial charge is 0.131 e. The second-order valence-corrected chi connectivity index (χ2v) is 5.23.